The van der Waals surface area contributed by atoms with E-state index >= 15 is 9.59 Å². The Labute approximate surface area is 400 Å². The Morgan fingerprint density at radius 3 is 2.12 bits per heavy atom. The van der Waals surface area contributed by atoms with Crippen LogP contribution >= 0.6 is 0 Å². The van der Waals surface area contributed by atoms with Crippen LogP contribution in [-0.2, 0) is 66.6 Å². The Morgan fingerprint density at radius 1 is 0.928 bits per heavy atom. The molecule has 2 saturated carbocycles. The molecule has 2 aromatic carbocycles. The SMILES string of the molecule is CO[C@H]1C(=O)[C@]2(C)[C@@H](OC)C[C@H]3OC[C@@]3(OC(C)=O)[C@H]2[C@H](OC(=O)c2ccccc2)[C@]2(O)C[C@H](OC(=O)[C@H](OC(=O)COC(=O)CCN)[C@@H](NC(=O)OC(C)(C)C)c3ccccc3)C(C)=C1C2(C)C. The summed E-state index contributed by atoms with van der Waals surface area (Å²) in [6.07, 6.45) is -10.3. The molecule has 2 bridgehead atoms. The van der Waals surface area contributed by atoms with Gasteiger partial charge in [-0.05, 0) is 63.5 Å². The van der Waals surface area contributed by atoms with Gasteiger partial charge in [0.05, 0.1) is 36.0 Å². The van der Waals surface area contributed by atoms with E-state index in [0.29, 0.717) is 0 Å². The van der Waals surface area contributed by atoms with Crippen LogP contribution < -0.4 is 11.1 Å². The number of aliphatic hydroxyl groups is 1. The average molecular weight is 965 g/mol. The fraction of sp³-hybridized carbons (Fsp3) is 0.580. The molecule has 11 atom stereocenters. The molecule has 1 aliphatic heterocycles. The lowest BCUT2D eigenvalue weighted by atomic mass is 9.44. The number of nitrogens with two attached hydrogens (primary N) is 1. The minimum Gasteiger partial charge on any atom is -0.455 e. The Bertz CT molecular complexity index is 2310. The third kappa shape index (κ3) is 10.0. The van der Waals surface area contributed by atoms with Gasteiger partial charge >= 0.3 is 35.9 Å². The largest absolute Gasteiger partial charge is 0.455 e. The second-order valence-electron chi connectivity index (χ2n) is 19.7. The number of amides is 1. The van der Waals surface area contributed by atoms with E-state index in [-0.39, 0.29) is 48.3 Å². The van der Waals surface area contributed by atoms with E-state index < -0.39 is 131 Å². The van der Waals surface area contributed by atoms with Gasteiger partial charge in [-0.15, -0.1) is 0 Å². The van der Waals surface area contributed by atoms with Crippen molar-refractivity contribution in [1.82, 2.24) is 5.32 Å². The van der Waals surface area contributed by atoms with Crippen LogP contribution in [0.3, 0.4) is 0 Å². The fourth-order valence-electron chi connectivity index (χ4n) is 10.7. The van der Waals surface area contributed by atoms with Gasteiger partial charge in [0.15, 0.2) is 18.0 Å². The van der Waals surface area contributed by atoms with Gasteiger partial charge in [-0.3, -0.25) is 14.4 Å². The zero-order valence-electron chi connectivity index (χ0n) is 40.7. The maximum absolute atomic E-state index is 15.8. The number of hydrogen-bond acceptors (Lipinski definition) is 18. The van der Waals surface area contributed by atoms with E-state index in [1.165, 1.54) is 33.3 Å². The minimum absolute atomic E-state index is 0.0635. The number of hydrogen-bond donors (Lipinski definition) is 3. The number of nitrogens with one attached hydrogen (secondary N) is 1. The molecule has 4 N–H and O–H groups in total. The number of ether oxygens (including phenoxy) is 9. The lowest BCUT2D eigenvalue weighted by Crippen LogP contribution is -2.82. The Hall–Kier alpha value is -5.73. The van der Waals surface area contributed by atoms with Crippen LogP contribution in [0.25, 0.3) is 0 Å². The molecule has 4 aliphatic rings. The van der Waals surface area contributed by atoms with Gasteiger partial charge in [0.2, 0.25) is 6.10 Å². The van der Waals surface area contributed by atoms with Crippen molar-refractivity contribution in [2.45, 2.75) is 134 Å². The highest BCUT2D eigenvalue weighted by Gasteiger charge is 2.78. The van der Waals surface area contributed by atoms with Crippen molar-refractivity contribution >= 4 is 41.7 Å². The van der Waals surface area contributed by atoms with Crippen molar-refractivity contribution in [2.24, 2.45) is 22.5 Å². The van der Waals surface area contributed by atoms with Crippen LogP contribution in [0, 0.1) is 16.7 Å². The van der Waals surface area contributed by atoms with Gasteiger partial charge in [0.1, 0.15) is 41.7 Å². The summed E-state index contributed by atoms with van der Waals surface area (Å²) < 4.78 is 53.6. The topological polar surface area (TPSA) is 261 Å². The molecule has 1 saturated heterocycles. The van der Waals surface area contributed by atoms with Crippen molar-refractivity contribution in [3.8, 4) is 0 Å². The van der Waals surface area contributed by atoms with Gasteiger partial charge in [-0.25, -0.2) is 19.2 Å². The molecule has 2 aromatic rings. The van der Waals surface area contributed by atoms with Gasteiger partial charge < -0.3 is 58.8 Å². The normalized spacial score (nSPS) is 30.0. The molecule has 376 valence electrons. The number of ketones is 1. The van der Waals surface area contributed by atoms with E-state index in [0.717, 1.165) is 0 Å². The van der Waals surface area contributed by atoms with Crippen molar-refractivity contribution in [3.63, 3.8) is 0 Å². The number of carbonyl (C=O) groups excluding carboxylic acids is 7. The third-order valence-electron chi connectivity index (χ3n) is 14.0. The molecule has 19 heteroatoms. The maximum atomic E-state index is 15.8. The van der Waals surface area contributed by atoms with Crippen molar-refractivity contribution < 1.29 is 81.3 Å². The number of esters is 5. The number of carbonyl (C=O) groups is 7. The molecular formula is C50H64N2O17. The molecule has 0 spiro atoms. The van der Waals surface area contributed by atoms with Gasteiger partial charge in [-0.2, -0.15) is 0 Å². The highest BCUT2D eigenvalue weighted by atomic mass is 16.6. The minimum atomic E-state index is -2.33. The van der Waals surface area contributed by atoms with Crippen LogP contribution in [0.2, 0.25) is 0 Å². The molecule has 6 rings (SSSR count). The molecule has 3 fully saturated rings. The van der Waals surface area contributed by atoms with E-state index in [9.17, 15) is 29.1 Å². The summed E-state index contributed by atoms with van der Waals surface area (Å²) in [5.41, 5.74) is -2.04. The number of Topliss-reactive ketones (excluding diaryl/α,β-unsaturated/α-hetero) is 1. The molecular weight excluding hydrogens is 901 g/mol. The predicted molar refractivity (Wildman–Crippen MR) is 242 cm³/mol. The monoisotopic (exact) mass is 964 g/mol. The van der Waals surface area contributed by atoms with Gasteiger partial charge in [-0.1, -0.05) is 62.4 Å². The molecule has 0 aromatic heterocycles. The summed E-state index contributed by atoms with van der Waals surface area (Å²) in [4.78, 5) is 97.7. The highest BCUT2D eigenvalue weighted by molar-refractivity contribution is 5.94. The zero-order valence-corrected chi connectivity index (χ0v) is 40.7. The summed E-state index contributed by atoms with van der Waals surface area (Å²) in [6.45, 7) is 11.3. The molecule has 1 amide bonds. The quantitative estimate of drug-likeness (QED) is 0.129. The third-order valence-corrected chi connectivity index (χ3v) is 14.0. The second kappa shape index (κ2) is 20.3. The molecule has 0 unspecified atom stereocenters. The van der Waals surface area contributed by atoms with Crippen LogP contribution in [0.15, 0.2) is 71.8 Å². The molecule has 3 aliphatic carbocycles. The van der Waals surface area contributed by atoms with E-state index in [4.69, 9.17) is 48.4 Å². The standard InChI is InChI=1S/C50H64N2O17/c1-27-31(65-44(58)39(66-35(55)25-63-34(54)21-22-51)37(29-17-13-11-14-18-29)52-45(59)69-46(3,4)5)24-50(60)42(67-43(57)30-19-15-12-16-20-30)40-48(8,41(56)38(62-10)36(27)47(50,6)7)32(61-9)23-33-49(40,26-64-33)68-28(2)53/h11-20,31-33,37-40,42,60H,21-26,51H2,1-10H3,(H,52,59)/t31-,32-,33+,37-,38+,39+,40-,42-,48+,49-,50+/m0/s1. The summed E-state index contributed by atoms with van der Waals surface area (Å²) in [7, 11) is 2.72. The Kier molecular flexibility index (Phi) is 15.5. The second-order valence-corrected chi connectivity index (χ2v) is 19.7. The Balaban J connectivity index is 1.54. The molecule has 1 heterocycles. The van der Waals surface area contributed by atoms with E-state index in [1.54, 1.807) is 97.0 Å². The first kappa shape index (κ1) is 52.6. The van der Waals surface area contributed by atoms with Crippen molar-refractivity contribution in [1.29, 1.82) is 0 Å². The van der Waals surface area contributed by atoms with Crippen LogP contribution in [-0.4, -0.2) is 134 Å². The van der Waals surface area contributed by atoms with Gasteiger partial charge in [0, 0.05) is 45.9 Å². The summed E-state index contributed by atoms with van der Waals surface area (Å²) in [5.74, 6) is -6.85. The Morgan fingerprint density at radius 2 is 1.57 bits per heavy atom. The number of benzene rings is 2. The molecule has 69 heavy (non-hydrogen) atoms. The first-order valence-electron chi connectivity index (χ1n) is 22.8. The number of rotatable bonds is 15. The van der Waals surface area contributed by atoms with Crippen LogP contribution in [0.4, 0.5) is 4.79 Å². The van der Waals surface area contributed by atoms with Crippen LogP contribution in [0.5, 0.6) is 0 Å². The molecule has 0 radical (unpaired) electrons. The summed E-state index contributed by atoms with van der Waals surface area (Å²) in [6, 6.07) is 14.5. The fourth-order valence-corrected chi connectivity index (χ4v) is 10.7. The van der Waals surface area contributed by atoms with Crippen LogP contribution in [0.1, 0.15) is 96.6 Å². The number of alkyl carbamates (subject to hydrolysis) is 1. The number of fused-ring (bicyclic) bond motifs is 5. The number of methoxy groups -OCH3 is 2. The summed E-state index contributed by atoms with van der Waals surface area (Å²) >= 11 is 0. The lowest BCUT2D eigenvalue weighted by molar-refractivity contribution is -0.347. The predicted octanol–water partition coefficient (Wildman–Crippen LogP) is 4.01. The smallest absolute Gasteiger partial charge is 0.408 e. The first-order valence-corrected chi connectivity index (χ1v) is 22.8. The summed E-state index contributed by atoms with van der Waals surface area (Å²) in [5, 5.41) is 16.6. The average Bonchev–Trinajstić information content (AvgIpc) is 3.28. The van der Waals surface area contributed by atoms with Gasteiger partial charge in [0.25, 0.3) is 0 Å². The maximum Gasteiger partial charge on any atom is 0.408 e. The zero-order chi connectivity index (χ0) is 50.9. The molecule has 19 nitrogen and oxygen atoms in total. The highest BCUT2D eigenvalue weighted by Crippen LogP contribution is 2.65. The van der Waals surface area contributed by atoms with E-state index in [1.807, 2.05) is 0 Å². The van der Waals surface area contributed by atoms with E-state index in [2.05, 4.69) is 5.32 Å². The van der Waals surface area contributed by atoms with Crippen molar-refractivity contribution in [2.75, 3.05) is 34.0 Å². The van der Waals surface area contributed by atoms with Crippen molar-refractivity contribution in [3.05, 3.63) is 82.9 Å². The first-order chi connectivity index (χ1) is 32.4. The lowest BCUT2D eigenvalue weighted by Gasteiger charge is -2.67.